The molecule has 0 amide bonds. The minimum absolute atomic E-state index is 0.177. The van der Waals surface area contributed by atoms with E-state index in [1.165, 1.54) is 39.8 Å². The smallest absolute Gasteiger partial charge is 0.207 e. The minimum atomic E-state index is -3.63. The van der Waals surface area contributed by atoms with E-state index in [-0.39, 0.29) is 11.4 Å². The first-order chi connectivity index (χ1) is 11.0. The first-order valence-corrected chi connectivity index (χ1v) is 9.14. The molecule has 2 heterocycles. The molecule has 0 aliphatic carbocycles. The fraction of sp³-hybridized carbons (Fsp3) is 0.154. The van der Waals surface area contributed by atoms with Crippen molar-refractivity contribution in [2.75, 3.05) is 7.05 Å². The van der Waals surface area contributed by atoms with Gasteiger partial charge in [0.15, 0.2) is 0 Å². The van der Waals surface area contributed by atoms with Crippen molar-refractivity contribution in [3.05, 3.63) is 51.9 Å². The Labute approximate surface area is 142 Å². The highest BCUT2D eigenvalue weighted by Crippen LogP contribution is 2.25. The van der Waals surface area contributed by atoms with E-state index in [1.54, 1.807) is 24.3 Å². The number of benzene rings is 1. The maximum atomic E-state index is 12.7. The molecule has 10 heteroatoms. The average Bonchev–Trinajstić information content (AvgIpc) is 3.19. The quantitative estimate of drug-likeness (QED) is 0.688. The summed E-state index contributed by atoms with van der Waals surface area (Å²) in [5.41, 5.74) is 0.573. The zero-order valence-corrected chi connectivity index (χ0v) is 14.4. The van der Waals surface area contributed by atoms with Crippen LogP contribution in [0.15, 0.2) is 47.6 Å². The van der Waals surface area contributed by atoms with E-state index in [0.717, 1.165) is 4.88 Å². The molecular formula is C13H12ClN5O2S2. The van der Waals surface area contributed by atoms with E-state index in [2.05, 4.69) is 15.5 Å². The molecule has 7 nitrogen and oxygen atoms in total. The van der Waals surface area contributed by atoms with Crippen LogP contribution in [-0.2, 0) is 16.6 Å². The lowest BCUT2D eigenvalue weighted by atomic mass is 10.3. The average molecular weight is 370 g/mol. The van der Waals surface area contributed by atoms with Crippen LogP contribution in [0.4, 0.5) is 0 Å². The topological polar surface area (TPSA) is 81.0 Å². The van der Waals surface area contributed by atoms with Gasteiger partial charge in [-0.05, 0) is 40.8 Å². The largest absolute Gasteiger partial charge is 0.243 e. The Morgan fingerprint density at radius 1 is 1.30 bits per heavy atom. The fourth-order valence-electron chi connectivity index (χ4n) is 1.99. The first-order valence-electron chi connectivity index (χ1n) is 6.51. The van der Waals surface area contributed by atoms with Crippen molar-refractivity contribution >= 4 is 33.0 Å². The van der Waals surface area contributed by atoms with Crippen LogP contribution in [-0.4, -0.2) is 40.0 Å². The molecular weight excluding hydrogens is 358 g/mol. The highest BCUT2D eigenvalue weighted by molar-refractivity contribution is 7.89. The Hall–Kier alpha value is -1.81. The molecule has 0 N–H and O–H groups in total. The van der Waals surface area contributed by atoms with Gasteiger partial charge < -0.3 is 0 Å². The predicted molar refractivity (Wildman–Crippen MR) is 87.1 cm³/mol. The maximum Gasteiger partial charge on any atom is 0.243 e. The van der Waals surface area contributed by atoms with Crippen molar-refractivity contribution in [1.82, 2.24) is 24.5 Å². The van der Waals surface area contributed by atoms with E-state index in [1.807, 2.05) is 6.07 Å². The summed E-state index contributed by atoms with van der Waals surface area (Å²) in [5.74, 6) is 0. The van der Waals surface area contributed by atoms with Crippen LogP contribution >= 0.6 is 22.9 Å². The highest BCUT2D eigenvalue weighted by Gasteiger charge is 2.22. The lowest BCUT2D eigenvalue weighted by Crippen LogP contribution is -2.26. The molecule has 120 valence electrons. The van der Waals surface area contributed by atoms with Gasteiger partial charge in [0.1, 0.15) is 6.33 Å². The number of aromatic nitrogens is 4. The van der Waals surface area contributed by atoms with Gasteiger partial charge >= 0.3 is 0 Å². The van der Waals surface area contributed by atoms with Crippen LogP contribution < -0.4 is 0 Å². The number of sulfonamides is 1. The second-order valence-corrected chi connectivity index (χ2v) is 8.56. The third kappa shape index (κ3) is 3.42. The SMILES string of the molecule is CN(Cc1ccc(Cl)s1)S(=O)(=O)c1cccc(-n2cnnn2)c1. The van der Waals surface area contributed by atoms with Gasteiger partial charge in [-0.25, -0.2) is 13.1 Å². The summed E-state index contributed by atoms with van der Waals surface area (Å²) < 4.78 is 28.7. The molecule has 0 radical (unpaired) electrons. The van der Waals surface area contributed by atoms with Gasteiger partial charge in [-0.15, -0.1) is 16.4 Å². The van der Waals surface area contributed by atoms with Crippen molar-refractivity contribution in [3.63, 3.8) is 0 Å². The Morgan fingerprint density at radius 3 is 2.78 bits per heavy atom. The molecule has 0 unspecified atom stereocenters. The Kier molecular flexibility index (Phi) is 4.44. The molecule has 1 aromatic carbocycles. The monoisotopic (exact) mass is 369 g/mol. The number of hydrogen-bond acceptors (Lipinski definition) is 6. The molecule has 0 bridgehead atoms. The van der Waals surface area contributed by atoms with Crippen LogP contribution in [0.25, 0.3) is 5.69 Å². The molecule has 0 spiro atoms. The van der Waals surface area contributed by atoms with Gasteiger partial charge in [0.2, 0.25) is 10.0 Å². The summed E-state index contributed by atoms with van der Waals surface area (Å²) in [7, 11) is -2.09. The number of rotatable bonds is 5. The first kappa shape index (κ1) is 16.1. The maximum absolute atomic E-state index is 12.7. The number of halogens is 1. The van der Waals surface area contributed by atoms with E-state index >= 15 is 0 Å². The lowest BCUT2D eigenvalue weighted by Gasteiger charge is -2.16. The second-order valence-electron chi connectivity index (χ2n) is 4.72. The Morgan fingerprint density at radius 2 is 2.13 bits per heavy atom. The molecule has 0 saturated heterocycles. The Balaban J connectivity index is 1.88. The number of tetrazole rings is 1. The third-order valence-corrected chi connectivity index (χ3v) is 6.16. The molecule has 0 fully saturated rings. The van der Waals surface area contributed by atoms with Gasteiger partial charge in [-0.3, -0.25) is 0 Å². The molecule has 2 aromatic heterocycles. The van der Waals surface area contributed by atoms with Crippen molar-refractivity contribution < 1.29 is 8.42 Å². The summed E-state index contributed by atoms with van der Waals surface area (Å²) in [6, 6.07) is 10.0. The van der Waals surface area contributed by atoms with Crippen molar-refractivity contribution in [2.24, 2.45) is 0 Å². The van der Waals surface area contributed by atoms with Crippen LogP contribution in [0, 0.1) is 0 Å². The molecule has 0 saturated carbocycles. The van der Waals surface area contributed by atoms with Crippen molar-refractivity contribution in [1.29, 1.82) is 0 Å². The minimum Gasteiger partial charge on any atom is -0.207 e. The highest BCUT2D eigenvalue weighted by atomic mass is 35.5. The van der Waals surface area contributed by atoms with Gasteiger partial charge in [0.25, 0.3) is 0 Å². The predicted octanol–water partition coefficient (Wildman–Crippen LogP) is 2.20. The van der Waals surface area contributed by atoms with E-state index < -0.39 is 10.0 Å². The molecule has 3 rings (SSSR count). The van der Waals surface area contributed by atoms with Gasteiger partial charge in [-0.1, -0.05) is 17.7 Å². The van der Waals surface area contributed by atoms with E-state index in [9.17, 15) is 8.42 Å². The van der Waals surface area contributed by atoms with Crippen LogP contribution in [0.3, 0.4) is 0 Å². The van der Waals surface area contributed by atoms with E-state index in [4.69, 9.17) is 11.6 Å². The van der Waals surface area contributed by atoms with Crippen LogP contribution in [0.5, 0.6) is 0 Å². The molecule has 3 aromatic rings. The van der Waals surface area contributed by atoms with Crippen LogP contribution in [0.1, 0.15) is 4.88 Å². The van der Waals surface area contributed by atoms with Gasteiger partial charge in [0, 0.05) is 18.5 Å². The fourth-order valence-corrected chi connectivity index (χ4v) is 4.40. The van der Waals surface area contributed by atoms with Gasteiger partial charge in [-0.2, -0.15) is 4.31 Å². The van der Waals surface area contributed by atoms with Crippen molar-refractivity contribution in [3.8, 4) is 5.69 Å². The summed E-state index contributed by atoms with van der Waals surface area (Å²) in [5, 5.41) is 10.8. The zero-order chi connectivity index (χ0) is 16.4. The van der Waals surface area contributed by atoms with Crippen LogP contribution in [0.2, 0.25) is 4.34 Å². The molecule has 23 heavy (non-hydrogen) atoms. The molecule has 0 aliphatic rings. The summed E-state index contributed by atoms with van der Waals surface area (Å²) in [6.07, 6.45) is 1.41. The van der Waals surface area contributed by atoms with Crippen molar-refractivity contribution in [2.45, 2.75) is 11.4 Å². The summed E-state index contributed by atoms with van der Waals surface area (Å²) in [4.78, 5) is 1.05. The molecule has 0 aliphatic heterocycles. The van der Waals surface area contributed by atoms with Gasteiger partial charge in [0.05, 0.1) is 14.9 Å². The molecule has 0 atom stereocenters. The van der Waals surface area contributed by atoms with E-state index in [0.29, 0.717) is 10.0 Å². The summed E-state index contributed by atoms with van der Waals surface area (Å²) >= 11 is 7.24. The zero-order valence-electron chi connectivity index (χ0n) is 12.0. The Bertz CT molecular complexity index is 908. The second kappa shape index (κ2) is 6.36. The normalized spacial score (nSPS) is 12.0. The number of thiophene rings is 1. The lowest BCUT2D eigenvalue weighted by molar-refractivity contribution is 0.469. The number of nitrogens with zero attached hydrogens (tertiary/aromatic N) is 5. The number of hydrogen-bond donors (Lipinski definition) is 0. The third-order valence-electron chi connectivity index (χ3n) is 3.15. The standard InChI is InChI=1S/C13H12ClN5O2S2/c1-18(8-11-5-6-13(14)22-11)23(20,21)12-4-2-3-10(7-12)19-9-15-16-17-19/h2-7,9H,8H2,1H3. The summed E-state index contributed by atoms with van der Waals surface area (Å²) in [6.45, 7) is 0.259.